The molecule has 6 bridgehead atoms. The zero-order valence-corrected chi connectivity index (χ0v) is 28.9. The fraction of sp³-hybridized carbons (Fsp3) is 0.634. The average Bonchev–Trinajstić information content (AvgIpc) is 3.06. The van der Waals surface area contributed by atoms with Crippen molar-refractivity contribution in [3.8, 4) is 5.75 Å². The summed E-state index contributed by atoms with van der Waals surface area (Å²) >= 11 is 0. The lowest BCUT2D eigenvalue weighted by Gasteiger charge is -2.65. The van der Waals surface area contributed by atoms with Crippen molar-refractivity contribution >= 4 is 17.0 Å². The number of phenolic OH excluding ortho intramolecular Hbond substituents is 1. The predicted octanol–water partition coefficient (Wildman–Crippen LogP) is 6.88. The summed E-state index contributed by atoms with van der Waals surface area (Å²) in [5, 5.41) is 23.0. The fourth-order valence-corrected chi connectivity index (χ4v) is 10.5. The van der Waals surface area contributed by atoms with E-state index in [-0.39, 0.29) is 23.2 Å². The summed E-state index contributed by atoms with van der Waals surface area (Å²) in [5.41, 5.74) is 12.4. The van der Waals surface area contributed by atoms with Crippen molar-refractivity contribution in [1.82, 2.24) is 14.8 Å². The van der Waals surface area contributed by atoms with Gasteiger partial charge in [-0.3, -0.25) is 4.90 Å². The van der Waals surface area contributed by atoms with Gasteiger partial charge in [-0.15, -0.1) is 0 Å². The SMILES string of the molecule is C[C@@H]1CCc2nc3c(O)cccc3c(CCN)c2C=CCC[C@@]23CN4CC[C@@H]2[C@@H]2C=C(CCC=CCCC[C@@H](O)[C@@H](C)C4)[C@H]3N(C1)C2. The predicted molar refractivity (Wildman–Crippen MR) is 193 cm³/mol. The molecule has 6 aliphatic rings. The van der Waals surface area contributed by atoms with Gasteiger partial charge in [0.25, 0.3) is 0 Å². The van der Waals surface area contributed by atoms with E-state index in [1.54, 1.807) is 11.6 Å². The van der Waals surface area contributed by atoms with Crippen LogP contribution in [0.2, 0.25) is 0 Å². The van der Waals surface area contributed by atoms with Gasteiger partial charge < -0.3 is 20.8 Å². The molecule has 1 aromatic carbocycles. The number of aryl methyl sites for hydroxylation is 1. The Morgan fingerprint density at radius 3 is 2.74 bits per heavy atom. The van der Waals surface area contributed by atoms with Crippen molar-refractivity contribution in [1.29, 1.82) is 0 Å². The van der Waals surface area contributed by atoms with Crippen LogP contribution in [0.25, 0.3) is 17.0 Å². The molecule has 1 aromatic heterocycles. The van der Waals surface area contributed by atoms with Crippen LogP contribution in [0.3, 0.4) is 0 Å². The van der Waals surface area contributed by atoms with Crippen LogP contribution in [0, 0.1) is 29.1 Å². The van der Waals surface area contributed by atoms with E-state index in [1.165, 1.54) is 36.9 Å². The summed E-state index contributed by atoms with van der Waals surface area (Å²) in [4.78, 5) is 10.8. The van der Waals surface area contributed by atoms with Crippen LogP contribution < -0.4 is 5.73 Å². The second-order valence-corrected chi connectivity index (χ2v) is 15.9. The third kappa shape index (κ3) is 6.48. The van der Waals surface area contributed by atoms with Crippen molar-refractivity contribution in [3.63, 3.8) is 0 Å². The number of benzene rings is 1. The van der Waals surface area contributed by atoms with E-state index in [0.29, 0.717) is 29.9 Å². The molecule has 6 nitrogen and oxygen atoms in total. The van der Waals surface area contributed by atoms with Gasteiger partial charge in [0.2, 0.25) is 0 Å². The minimum Gasteiger partial charge on any atom is -0.506 e. The second-order valence-electron chi connectivity index (χ2n) is 15.9. The first kappa shape index (κ1) is 33.0. The summed E-state index contributed by atoms with van der Waals surface area (Å²) in [6, 6.07) is 6.27. The fourth-order valence-electron chi connectivity index (χ4n) is 10.5. The van der Waals surface area contributed by atoms with E-state index >= 15 is 0 Å². The number of pyridine rings is 1. The smallest absolute Gasteiger partial charge is 0.141 e. The summed E-state index contributed by atoms with van der Waals surface area (Å²) in [5.74, 6) is 2.43. The molecule has 0 amide bonds. The van der Waals surface area contributed by atoms with Crippen LogP contribution in [0.5, 0.6) is 5.75 Å². The van der Waals surface area contributed by atoms with Crippen LogP contribution in [0.4, 0.5) is 0 Å². The number of nitrogens with two attached hydrogens (primary N) is 1. The largest absolute Gasteiger partial charge is 0.506 e. The van der Waals surface area contributed by atoms with Gasteiger partial charge in [-0.05, 0) is 125 Å². The number of para-hydroxylation sites is 1. The normalized spacial score (nSPS) is 36.4. The molecule has 2 unspecified atom stereocenters. The standard InChI is InChI=1S/C41H58N4O2/c1-28-16-17-36-33(32(18-21-42)34-13-10-15-38(47)39(34)43-36)12-8-9-20-41-27-44-22-19-35(41)31-23-30(40(41)45(24-28)26-31)11-6-4-3-5-7-14-37(46)29(2)25-44/h3-4,8,10,12-13,15,23,28-29,31,35,37,40,46-47H,5-7,9,11,14,16-22,24-27,42H2,1-2H3/t28-,29+,31-,35-,37-,40-,41-/m1/s1. The lowest BCUT2D eigenvalue weighted by molar-refractivity contribution is -0.116. The molecule has 6 heterocycles. The molecular formula is C41H58N4O2. The van der Waals surface area contributed by atoms with Gasteiger partial charge >= 0.3 is 0 Å². The minimum absolute atomic E-state index is 0.217. The lowest BCUT2D eigenvalue weighted by atomic mass is 9.51. The van der Waals surface area contributed by atoms with E-state index in [2.05, 4.69) is 60.1 Å². The molecule has 254 valence electrons. The third-order valence-electron chi connectivity index (χ3n) is 12.6. The molecule has 0 saturated carbocycles. The second kappa shape index (κ2) is 14.2. The first-order chi connectivity index (χ1) is 22.9. The molecule has 0 radical (unpaired) electrons. The number of aliphatic hydroxyl groups is 1. The van der Waals surface area contributed by atoms with Gasteiger partial charge in [0, 0.05) is 48.7 Å². The number of aliphatic hydroxyl groups excluding tert-OH is 1. The third-order valence-corrected chi connectivity index (χ3v) is 12.6. The Hall–Kier alpha value is -2.51. The summed E-state index contributed by atoms with van der Waals surface area (Å²) < 4.78 is 0. The highest BCUT2D eigenvalue weighted by molar-refractivity contribution is 5.90. The number of piperidine rings is 2. The first-order valence-electron chi connectivity index (χ1n) is 18.9. The van der Waals surface area contributed by atoms with Crippen molar-refractivity contribution < 1.29 is 10.2 Å². The zero-order valence-electron chi connectivity index (χ0n) is 28.9. The molecule has 2 fully saturated rings. The summed E-state index contributed by atoms with van der Waals surface area (Å²) in [6.45, 7) is 10.9. The topological polar surface area (TPSA) is 85.8 Å². The molecular weight excluding hydrogens is 580 g/mol. The highest BCUT2D eigenvalue weighted by atomic mass is 16.3. The molecule has 2 saturated heterocycles. The number of hydrogen-bond acceptors (Lipinski definition) is 6. The van der Waals surface area contributed by atoms with Crippen molar-refractivity contribution in [2.45, 2.75) is 96.6 Å². The van der Waals surface area contributed by atoms with Crippen LogP contribution in [0.1, 0.15) is 88.5 Å². The Bertz CT molecular complexity index is 1510. The van der Waals surface area contributed by atoms with Crippen molar-refractivity contribution in [3.05, 3.63) is 64.9 Å². The van der Waals surface area contributed by atoms with E-state index in [1.807, 2.05) is 6.07 Å². The van der Waals surface area contributed by atoms with Crippen molar-refractivity contribution in [2.24, 2.45) is 34.8 Å². The Morgan fingerprint density at radius 2 is 1.87 bits per heavy atom. The number of rotatable bonds is 2. The minimum atomic E-state index is -0.225. The van der Waals surface area contributed by atoms with Gasteiger partial charge in [0.1, 0.15) is 11.3 Å². The molecule has 47 heavy (non-hydrogen) atoms. The monoisotopic (exact) mass is 638 g/mol. The highest BCUT2D eigenvalue weighted by Gasteiger charge is 2.59. The Labute approximate surface area is 282 Å². The molecule has 4 N–H and O–H groups in total. The quantitative estimate of drug-likeness (QED) is 0.311. The Kier molecular flexibility index (Phi) is 9.94. The number of fused-ring (bicyclic) bond motifs is 3. The molecule has 9 atom stereocenters. The van der Waals surface area contributed by atoms with E-state index in [9.17, 15) is 10.2 Å². The average molecular weight is 639 g/mol. The maximum Gasteiger partial charge on any atom is 0.141 e. The van der Waals surface area contributed by atoms with Crippen molar-refractivity contribution in [2.75, 3.05) is 39.3 Å². The van der Waals surface area contributed by atoms with E-state index < -0.39 is 0 Å². The molecule has 6 heteroatoms. The van der Waals surface area contributed by atoms with Gasteiger partial charge in [-0.25, -0.2) is 4.98 Å². The number of hydrogen-bond donors (Lipinski definition) is 3. The number of allylic oxidation sites excluding steroid dienone is 3. The van der Waals surface area contributed by atoms with Gasteiger partial charge in [0.05, 0.1) is 6.10 Å². The van der Waals surface area contributed by atoms with Crippen LogP contribution in [-0.4, -0.2) is 76.4 Å². The maximum atomic E-state index is 11.1. The summed E-state index contributed by atoms with van der Waals surface area (Å²) in [7, 11) is 0. The number of phenols is 1. The Balaban J connectivity index is 1.29. The Morgan fingerprint density at radius 1 is 1.00 bits per heavy atom. The molecule has 8 rings (SSSR count). The van der Waals surface area contributed by atoms with Gasteiger partial charge in [-0.1, -0.05) is 61.9 Å². The summed E-state index contributed by atoms with van der Waals surface area (Å²) in [6.07, 6.45) is 23.7. The van der Waals surface area contributed by atoms with E-state index in [4.69, 9.17) is 10.7 Å². The number of aromatic hydroxyl groups is 1. The maximum absolute atomic E-state index is 11.1. The first-order valence-corrected chi connectivity index (χ1v) is 18.9. The molecule has 1 spiro atoms. The lowest BCUT2D eigenvalue weighted by Crippen LogP contribution is -2.69. The number of nitrogens with zero attached hydrogens (tertiary/aromatic N) is 3. The van der Waals surface area contributed by atoms with Gasteiger partial charge in [0.15, 0.2) is 0 Å². The number of aromatic nitrogens is 1. The molecule has 1 aliphatic carbocycles. The van der Waals surface area contributed by atoms with Crippen LogP contribution in [0.15, 0.2) is 48.1 Å². The molecule has 2 aromatic rings. The molecule has 5 aliphatic heterocycles. The van der Waals surface area contributed by atoms with Gasteiger partial charge in [-0.2, -0.15) is 0 Å². The van der Waals surface area contributed by atoms with E-state index in [0.717, 1.165) is 94.5 Å². The highest BCUT2D eigenvalue weighted by Crippen LogP contribution is 2.57. The van der Waals surface area contributed by atoms with Crippen LogP contribution >= 0.6 is 0 Å². The zero-order chi connectivity index (χ0) is 32.5. The van der Waals surface area contributed by atoms with Crippen LogP contribution in [-0.2, 0) is 12.8 Å².